The third-order valence-electron chi connectivity index (χ3n) is 5.11. The zero-order valence-electron chi connectivity index (χ0n) is 15.1. The monoisotopic (exact) mass is 372 g/mol. The van der Waals surface area contributed by atoms with Crippen LogP contribution >= 0.6 is 11.8 Å². The molecule has 0 bridgehead atoms. The number of aliphatic carboxylic acids is 1. The van der Waals surface area contributed by atoms with Crippen LogP contribution in [0.2, 0.25) is 0 Å². The van der Waals surface area contributed by atoms with E-state index < -0.39 is 11.5 Å². The molecule has 1 fully saturated rings. The first-order chi connectivity index (χ1) is 12.4. The van der Waals surface area contributed by atoms with Crippen molar-refractivity contribution in [3.63, 3.8) is 0 Å². The van der Waals surface area contributed by atoms with Gasteiger partial charge in [-0.3, -0.25) is 4.79 Å². The number of carboxylic acid groups (broad SMARTS) is 1. The predicted octanol–water partition coefficient (Wildman–Crippen LogP) is 3.23. The molecular weight excluding hydrogens is 348 g/mol. The van der Waals surface area contributed by atoms with Crippen molar-refractivity contribution in [1.29, 1.82) is 0 Å². The summed E-state index contributed by atoms with van der Waals surface area (Å²) in [5.74, 6) is 0.259. The number of amides is 1. The number of nitrogens with one attached hydrogen (secondary N) is 1. The molecule has 3 rings (SSSR count). The van der Waals surface area contributed by atoms with E-state index in [0.29, 0.717) is 24.9 Å². The number of thioether (sulfide) groups is 1. The maximum absolute atomic E-state index is 12.9. The second-order valence-corrected chi connectivity index (χ2v) is 8.04. The number of aromatic nitrogens is 1. The summed E-state index contributed by atoms with van der Waals surface area (Å²) in [5.41, 5.74) is 2.41. The van der Waals surface area contributed by atoms with Crippen LogP contribution in [-0.2, 0) is 11.3 Å². The Morgan fingerprint density at radius 2 is 1.85 bits per heavy atom. The summed E-state index contributed by atoms with van der Waals surface area (Å²) in [6.07, 6.45) is 0.920. The average Bonchev–Trinajstić information content (AvgIpc) is 2.91. The largest absolute Gasteiger partial charge is 0.480 e. The Hall–Kier alpha value is -2.21. The van der Waals surface area contributed by atoms with Crippen LogP contribution in [0, 0.1) is 13.8 Å². The van der Waals surface area contributed by atoms with Gasteiger partial charge in [-0.05, 0) is 49.8 Å². The molecule has 2 N–H and O–H groups in total. The van der Waals surface area contributed by atoms with Crippen LogP contribution in [0.25, 0.3) is 0 Å². The molecule has 6 heteroatoms. The lowest BCUT2D eigenvalue weighted by molar-refractivity contribution is -0.144. The second kappa shape index (κ2) is 7.58. The van der Waals surface area contributed by atoms with E-state index in [1.807, 2.05) is 38.1 Å². The highest BCUT2D eigenvalue weighted by Gasteiger charge is 2.41. The summed E-state index contributed by atoms with van der Waals surface area (Å²) in [6, 6.07) is 11.9. The van der Waals surface area contributed by atoms with Gasteiger partial charge in [0, 0.05) is 17.9 Å². The van der Waals surface area contributed by atoms with Crippen molar-refractivity contribution < 1.29 is 14.7 Å². The molecular formula is C20H24N2O3S. The zero-order chi connectivity index (χ0) is 18.7. The molecule has 0 unspecified atom stereocenters. The van der Waals surface area contributed by atoms with Crippen LogP contribution in [-0.4, -0.2) is 38.6 Å². The maximum Gasteiger partial charge on any atom is 0.329 e. The number of hydrogen-bond donors (Lipinski definition) is 2. The van der Waals surface area contributed by atoms with Gasteiger partial charge >= 0.3 is 5.97 Å². The molecule has 0 spiro atoms. The fraction of sp³-hybridized carbons (Fsp3) is 0.400. The average molecular weight is 372 g/mol. The number of carboxylic acids is 1. The van der Waals surface area contributed by atoms with Crippen molar-refractivity contribution in [1.82, 2.24) is 9.88 Å². The summed E-state index contributed by atoms with van der Waals surface area (Å²) in [5, 5.41) is 12.5. The van der Waals surface area contributed by atoms with Gasteiger partial charge in [-0.15, -0.1) is 0 Å². The maximum atomic E-state index is 12.9. The van der Waals surface area contributed by atoms with E-state index in [4.69, 9.17) is 0 Å². The van der Waals surface area contributed by atoms with Gasteiger partial charge in [-0.25, -0.2) is 4.79 Å². The first-order valence-electron chi connectivity index (χ1n) is 8.77. The third-order valence-corrected chi connectivity index (χ3v) is 6.10. The molecule has 5 nitrogen and oxygen atoms in total. The lowest BCUT2D eigenvalue weighted by atomic mass is 9.92. The molecule has 2 heterocycles. The third kappa shape index (κ3) is 3.65. The molecule has 1 aliphatic heterocycles. The van der Waals surface area contributed by atoms with E-state index in [2.05, 4.69) is 22.0 Å². The van der Waals surface area contributed by atoms with Crippen LogP contribution in [0.3, 0.4) is 0 Å². The van der Waals surface area contributed by atoms with E-state index >= 15 is 0 Å². The fourth-order valence-corrected chi connectivity index (χ4v) is 4.63. The molecule has 0 radical (unpaired) electrons. The molecule has 2 aromatic rings. The zero-order valence-corrected chi connectivity index (χ0v) is 15.9. The van der Waals surface area contributed by atoms with E-state index in [1.165, 1.54) is 0 Å². The Morgan fingerprint density at radius 1 is 1.19 bits per heavy atom. The van der Waals surface area contributed by atoms with Crippen LogP contribution in [0.15, 0.2) is 36.4 Å². The van der Waals surface area contributed by atoms with E-state index in [-0.39, 0.29) is 5.91 Å². The summed E-state index contributed by atoms with van der Waals surface area (Å²) in [7, 11) is 0. The van der Waals surface area contributed by atoms with Gasteiger partial charge in [0.2, 0.25) is 0 Å². The molecule has 0 saturated carbocycles. The van der Waals surface area contributed by atoms with Gasteiger partial charge in [0.05, 0.1) is 5.56 Å². The predicted molar refractivity (Wildman–Crippen MR) is 104 cm³/mol. The number of rotatable bonds is 5. The molecule has 138 valence electrons. The highest BCUT2D eigenvalue weighted by Crippen LogP contribution is 2.28. The number of benzene rings is 1. The minimum absolute atomic E-state index is 0.299. The second-order valence-electron chi connectivity index (χ2n) is 6.81. The minimum atomic E-state index is -1.15. The first kappa shape index (κ1) is 18.6. The van der Waals surface area contributed by atoms with Gasteiger partial charge in [0.1, 0.15) is 5.54 Å². The normalized spacial score (nSPS) is 16.2. The lowest BCUT2D eigenvalue weighted by Crippen LogP contribution is -2.56. The number of carbonyl (C=O) groups excluding carboxylic acids is 1. The molecule has 0 aliphatic carbocycles. The quantitative estimate of drug-likeness (QED) is 0.845. The van der Waals surface area contributed by atoms with E-state index in [9.17, 15) is 14.7 Å². The molecule has 1 aromatic carbocycles. The molecule has 1 saturated heterocycles. The Morgan fingerprint density at radius 3 is 2.46 bits per heavy atom. The Kier molecular flexibility index (Phi) is 5.41. The van der Waals surface area contributed by atoms with Crippen molar-refractivity contribution in [2.45, 2.75) is 38.8 Å². The highest BCUT2D eigenvalue weighted by molar-refractivity contribution is 7.99. The van der Waals surface area contributed by atoms with Crippen molar-refractivity contribution >= 4 is 23.6 Å². The van der Waals surface area contributed by atoms with Crippen molar-refractivity contribution in [2.24, 2.45) is 0 Å². The van der Waals surface area contributed by atoms with Gasteiger partial charge < -0.3 is 15.0 Å². The van der Waals surface area contributed by atoms with Gasteiger partial charge in [0.25, 0.3) is 5.91 Å². The van der Waals surface area contributed by atoms with E-state index in [0.717, 1.165) is 28.5 Å². The Bertz CT molecular complexity index is 808. The van der Waals surface area contributed by atoms with Crippen LogP contribution in [0.5, 0.6) is 0 Å². The standard InChI is InChI=1S/C20H24N2O3S/c1-14-12-17(15(2)22(14)13-16-6-4-3-5-7-16)18(23)21-20(19(24)25)8-10-26-11-9-20/h3-7,12H,8-11,13H2,1-2H3,(H,21,23)(H,24,25). The number of nitrogens with zero attached hydrogens (tertiary/aromatic N) is 1. The minimum Gasteiger partial charge on any atom is -0.480 e. The van der Waals surface area contributed by atoms with Gasteiger partial charge in [0.15, 0.2) is 0 Å². The fourth-order valence-electron chi connectivity index (χ4n) is 3.44. The van der Waals surface area contributed by atoms with Crippen LogP contribution in [0.1, 0.15) is 40.2 Å². The van der Waals surface area contributed by atoms with Gasteiger partial charge in [-0.2, -0.15) is 11.8 Å². The summed E-state index contributed by atoms with van der Waals surface area (Å²) in [6.45, 7) is 4.57. The molecule has 1 aliphatic rings. The SMILES string of the molecule is Cc1cc(C(=O)NC2(C(=O)O)CCSCC2)c(C)n1Cc1ccccc1. The Labute approximate surface area is 157 Å². The molecule has 0 atom stereocenters. The van der Waals surface area contributed by atoms with Crippen molar-refractivity contribution in [3.8, 4) is 0 Å². The van der Waals surface area contributed by atoms with Crippen LogP contribution in [0.4, 0.5) is 0 Å². The number of aryl methyl sites for hydroxylation is 1. The van der Waals surface area contributed by atoms with Crippen LogP contribution < -0.4 is 5.32 Å². The first-order valence-corrected chi connectivity index (χ1v) is 9.93. The Balaban J connectivity index is 1.84. The van der Waals surface area contributed by atoms with E-state index in [1.54, 1.807) is 11.8 Å². The highest BCUT2D eigenvalue weighted by atomic mass is 32.2. The lowest BCUT2D eigenvalue weighted by Gasteiger charge is -2.33. The molecule has 1 aromatic heterocycles. The van der Waals surface area contributed by atoms with Crippen molar-refractivity contribution in [2.75, 3.05) is 11.5 Å². The van der Waals surface area contributed by atoms with Crippen molar-refractivity contribution in [3.05, 3.63) is 58.9 Å². The molecule has 26 heavy (non-hydrogen) atoms. The topological polar surface area (TPSA) is 71.3 Å². The summed E-state index contributed by atoms with van der Waals surface area (Å²) < 4.78 is 2.09. The number of hydrogen-bond acceptors (Lipinski definition) is 3. The summed E-state index contributed by atoms with van der Waals surface area (Å²) in [4.78, 5) is 24.7. The van der Waals surface area contributed by atoms with Gasteiger partial charge in [-0.1, -0.05) is 30.3 Å². The summed E-state index contributed by atoms with van der Waals surface area (Å²) >= 11 is 1.73. The smallest absolute Gasteiger partial charge is 0.329 e. The number of carbonyl (C=O) groups is 2. The molecule has 1 amide bonds.